The summed E-state index contributed by atoms with van der Waals surface area (Å²) in [5, 5.41) is 4.13. The Bertz CT molecular complexity index is 1450. The van der Waals surface area contributed by atoms with Gasteiger partial charge in [-0.2, -0.15) is 5.10 Å². The molecule has 4 aromatic carbocycles. The molecule has 5 rings (SSSR count). The van der Waals surface area contributed by atoms with Crippen LogP contribution in [0.5, 0.6) is 0 Å². The largest absolute Gasteiger partial charge is 0.314 e. The maximum absolute atomic E-state index is 12.6. The van der Waals surface area contributed by atoms with Crippen LogP contribution in [0.2, 0.25) is 0 Å². The second kappa shape index (κ2) is 10.1. The fourth-order valence-corrected chi connectivity index (χ4v) is 4.10. The number of aryl methyl sites for hydroxylation is 1. The second-order valence-corrected chi connectivity index (χ2v) is 8.30. The molecule has 0 unspecified atom stereocenters. The number of hydrogen-bond donors (Lipinski definition) is 1. The fraction of sp³-hybridized carbons (Fsp3) is 0.0323. The van der Waals surface area contributed by atoms with Gasteiger partial charge in [0.2, 0.25) is 0 Å². The Labute approximate surface area is 205 Å². The third-order valence-electron chi connectivity index (χ3n) is 5.93. The third-order valence-corrected chi connectivity index (χ3v) is 5.93. The first kappa shape index (κ1) is 22.1. The lowest BCUT2D eigenvalue weighted by Crippen LogP contribution is -2.17. The summed E-state index contributed by atoms with van der Waals surface area (Å²) in [5.41, 5.74) is 10.8. The average molecular weight is 456 g/mol. The molecule has 0 atom stereocenters. The highest BCUT2D eigenvalue weighted by Gasteiger charge is 2.10. The molecule has 0 saturated carbocycles. The summed E-state index contributed by atoms with van der Waals surface area (Å²) in [6.07, 6.45) is 1.65. The molecule has 0 aliphatic heterocycles. The molecule has 1 N–H and O–H groups in total. The molecule has 5 aromatic rings. The van der Waals surface area contributed by atoms with Crippen molar-refractivity contribution in [1.82, 2.24) is 9.99 Å². The number of carbonyl (C=O) groups excluding carboxylic acids is 1. The first-order valence-corrected chi connectivity index (χ1v) is 11.5. The molecule has 1 heterocycles. The lowest BCUT2D eigenvalue weighted by atomic mass is 10.0. The Morgan fingerprint density at radius 3 is 1.94 bits per heavy atom. The van der Waals surface area contributed by atoms with Gasteiger partial charge in [0.15, 0.2) is 0 Å². The van der Waals surface area contributed by atoms with E-state index in [0.717, 1.165) is 33.8 Å². The maximum atomic E-state index is 12.6. The van der Waals surface area contributed by atoms with E-state index >= 15 is 0 Å². The van der Waals surface area contributed by atoms with Gasteiger partial charge in [-0.25, -0.2) is 5.43 Å². The molecule has 4 nitrogen and oxygen atoms in total. The number of hydrogen-bond acceptors (Lipinski definition) is 2. The van der Waals surface area contributed by atoms with Crippen LogP contribution in [0.15, 0.2) is 126 Å². The molecule has 4 heteroatoms. The van der Waals surface area contributed by atoms with E-state index in [9.17, 15) is 4.79 Å². The Balaban J connectivity index is 1.26. The Morgan fingerprint density at radius 2 is 1.29 bits per heavy atom. The number of hydrazone groups is 1. The number of nitrogens with one attached hydrogen (secondary N) is 1. The van der Waals surface area contributed by atoms with E-state index in [0.29, 0.717) is 5.56 Å². The normalized spacial score (nSPS) is 11.0. The standard InChI is InChI=1S/C31H25N3O/c1-23-12-21-30(27-10-6-3-7-11-27)34(23)29-19-17-28(18-20-29)31(35)33-32-22-24-13-15-26(16-14-24)25-8-4-2-5-9-25/h2-22H,1H3,(H,33,35)/b32-22+. The van der Waals surface area contributed by atoms with Crippen LogP contribution in [0.25, 0.3) is 28.1 Å². The molecule has 1 amide bonds. The number of carbonyl (C=O) groups is 1. The van der Waals surface area contributed by atoms with Crippen molar-refractivity contribution in [3.8, 4) is 28.1 Å². The van der Waals surface area contributed by atoms with Crippen LogP contribution >= 0.6 is 0 Å². The van der Waals surface area contributed by atoms with Gasteiger partial charge in [-0.1, -0.05) is 84.9 Å². The van der Waals surface area contributed by atoms with Gasteiger partial charge >= 0.3 is 0 Å². The molecule has 0 aliphatic rings. The molecule has 0 radical (unpaired) electrons. The van der Waals surface area contributed by atoms with Gasteiger partial charge in [-0.15, -0.1) is 0 Å². The van der Waals surface area contributed by atoms with Crippen molar-refractivity contribution in [3.63, 3.8) is 0 Å². The average Bonchev–Trinajstić information content (AvgIpc) is 3.31. The first-order chi connectivity index (χ1) is 17.2. The zero-order chi connectivity index (χ0) is 24.0. The number of amides is 1. The lowest BCUT2D eigenvalue weighted by Gasteiger charge is -2.12. The molecule has 1 aromatic heterocycles. The predicted molar refractivity (Wildman–Crippen MR) is 143 cm³/mol. The van der Waals surface area contributed by atoms with Gasteiger partial charge in [0, 0.05) is 16.9 Å². The minimum absolute atomic E-state index is 0.249. The summed E-state index contributed by atoms with van der Waals surface area (Å²) >= 11 is 0. The van der Waals surface area contributed by atoms with Crippen LogP contribution in [0.4, 0.5) is 0 Å². The van der Waals surface area contributed by atoms with Crippen LogP contribution in [-0.4, -0.2) is 16.7 Å². The van der Waals surface area contributed by atoms with Gasteiger partial charge < -0.3 is 4.57 Å². The summed E-state index contributed by atoms with van der Waals surface area (Å²) in [7, 11) is 0. The number of aromatic nitrogens is 1. The van der Waals surface area contributed by atoms with Gasteiger partial charge in [0.25, 0.3) is 5.91 Å². The molecule has 170 valence electrons. The lowest BCUT2D eigenvalue weighted by molar-refractivity contribution is 0.0955. The molecule has 35 heavy (non-hydrogen) atoms. The zero-order valence-electron chi connectivity index (χ0n) is 19.4. The highest BCUT2D eigenvalue weighted by Crippen LogP contribution is 2.26. The molecule has 0 saturated heterocycles. The Morgan fingerprint density at radius 1 is 0.686 bits per heavy atom. The van der Waals surface area contributed by atoms with Crippen molar-refractivity contribution in [2.24, 2.45) is 5.10 Å². The van der Waals surface area contributed by atoms with Crippen molar-refractivity contribution in [3.05, 3.63) is 138 Å². The van der Waals surface area contributed by atoms with E-state index < -0.39 is 0 Å². The van der Waals surface area contributed by atoms with Crippen molar-refractivity contribution in [2.75, 3.05) is 0 Å². The number of rotatable bonds is 6. The minimum Gasteiger partial charge on any atom is -0.314 e. The van der Waals surface area contributed by atoms with Crippen molar-refractivity contribution >= 4 is 12.1 Å². The van der Waals surface area contributed by atoms with Gasteiger partial charge in [-0.05, 0) is 65.6 Å². The van der Waals surface area contributed by atoms with Gasteiger partial charge in [0.05, 0.1) is 11.9 Å². The maximum Gasteiger partial charge on any atom is 0.271 e. The zero-order valence-corrected chi connectivity index (χ0v) is 19.4. The molecular formula is C31H25N3O. The highest BCUT2D eigenvalue weighted by atomic mass is 16.2. The minimum atomic E-state index is -0.249. The van der Waals surface area contributed by atoms with Crippen LogP contribution in [0.1, 0.15) is 21.6 Å². The van der Waals surface area contributed by atoms with E-state index in [1.165, 1.54) is 5.56 Å². The molecule has 0 aliphatic carbocycles. The van der Waals surface area contributed by atoms with E-state index in [1.807, 2.05) is 84.9 Å². The summed E-state index contributed by atoms with van der Waals surface area (Å²) in [4.78, 5) is 12.6. The van der Waals surface area contributed by atoms with Crippen LogP contribution in [-0.2, 0) is 0 Å². The molecular weight excluding hydrogens is 430 g/mol. The fourth-order valence-electron chi connectivity index (χ4n) is 4.10. The van der Waals surface area contributed by atoms with Crippen molar-refractivity contribution < 1.29 is 4.79 Å². The smallest absolute Gasteiger partial charge is 0.271 e. The molecule has 0 spiro atoms. The summed E-state index contributed by atoms with van der Waals surface area (Å²) in [6, 6.07) is 40.3. The summed E-state index contributed by atoms with van der Waals surface area (Å²) in [6.45, 7) is 2.08. The molecule has 0 bridgehead atoms. The van der Waals surface area contributed by atoms with E-state index in [-0.39, 0.29) is 5.91 Å². The number of nitrogens with zero attached hydrogens (tertiary/aromatic N) is 2. The summed E-state index contributed by atoms with van der Waals surface area (Å²) in [5.74, 6) is -0.249. The van der Waals surface area contributed by atoms with Crippen molar-refractivity contribution in [2.45, 2.75) is 6.92 Å². The van der Waals surface area contributed by atoms with Gasteiger partial charge in [-0.3, -0.25) is 4.79 Å². The number of benzene rings is 4. The van der Waals surface area contributed by atoms with Crippen molar-refractivity contribution in [1.29, 1.82) is 0 Å². The van der Waals surface area contributed by atoms with E-state index in [2.05, 4.69) is 58.4 Å². The predicted octanol–water partition coefficient (Wildman–Crippen LogP) is 6.88. The van der Waals surface area contributed by atoms with E-state index in [1.54, 1.807) is 6.21 Å². The Kier molecular flexibility index (Phi) is 6.35. The monoisotopic (exact) mass is 455 g/mol. The second-order valence-electron chi connectivity index (χ2n) is 8.30. The SMILES string of the molecule is Cc1ccc(-c2ccccc2)n1-c1ccc(C(=O)N/N=C/c2ccc(-c3ccccc3)cc2)cc1. The molecule has 0 fully saturated rings. The summed E-state index contributed by atoms with van der Waals surface area (Å²) < 4.78 is 2.19. The first-order valence-electron chi connectivity index (χ1n) is 11.5. The van der Waals surface area contributed by atoms with Crippen LogP contribution < -0.4 is 5.43 Å². The Hall–Kier alpha value is -4.70. The van der Waals surface area contributed by atoms with E-state index in [4.69, 9.17) is 0 Å². The van der Waals surface area contributed by atoms with Crippen LogP contribution in [0.3, 0.4) is 0 Å². The quantitative estimate of drug-likeness (QED) is 0.220. The third kappa shape index (κ3) is 4.97. The van der Waals surface area contributed by atoms with Crippen LogP contribution in [0, 0.1) is 6.92 Å². The highest BCUT2D eigenvalue weighted by molar-refractivity contribution is 5.95. The van der Waals surface area contributed by atoms with Gasteiger partial charge in [0.1, 0.15) is 0 Å². The topological polar surface area (TPSA) is 46.4 Å².